The van der Waals surface area contributed by atoms with E-state index in [1.54, 1.807) is 6.33 Å². The van der Waals surface area contributed by atoms with Gasteiger partial charge in [-0.1, -0.05) is 6.92 Å². The molecule has 0 aromatic carbocycles. The third kappa shape index (κ3) is 2.76. The summed E-state index contributed by atoms with van der Waals surface area (Å²) in [6, 6.07) is 2.44. The van der Waals surface area contributed by atoms with Gasteiger partial charge in [-0.25, -0.2) is 9.97 Å². The van der Waals surface area contributed by atoms with Crippen molar-refractivity contribution in [2.24, 2.45) is 11.8 Å². The van der Waals surface area contributed by atoms with Crippen molar-refractivity contribution in [2.45, 2.75) is 38.3 Å². The number of hydrogen-bond donors (Lipinski definition) is 2. The maximum Gasteiger partial charge on any atom is 0.251 e. The predicted octanol–water partition coefficient (Wildman–Crippen LogP) is 1.40. The van der Waals surface area contributed by atoms with E-state index in [2.05, 4.69) is 26.9 Å². The van der Waals surface area contributed by atoms with Crippen LogP contribution < -0.4 is 4.90 Å². The highest BCUT2D eigenvalue weighted by Gasteiger charge is 2.44. The number of fused-ring (bicyclic) bond motifs is 2. The number of amides is 1. The van der Waals surface area contributed by atoms with Gasteiger partial charge in [-0.05, 0) is 37.2 Å². The summed E-state index contributed by atoms with van der Waals surface area (Å²) >= 11 is 0. The topological polar surface area (TPSA) is 85.3 Å². The fourth-order valence-corrected chi connectivity index (χ4v) is 4.46. The van der Waals surface area contributed by atoms with Crippen molar-refractivity contribution in [3.05, 3.63) is 18.6 Å². The van der Waals surface area contributed by atoms with E-state index in [-0.39, 0.29) is 5.91 Å². The van der Waals surface area contributed by atoms with Crippen molar-refractivity contribution in [2.75, 3.05) is 25.0 Å². The van der Waals surface area contributed by atoms with Gasteiger partial charge in [0.05, 0.1) is 5.39 Å². The van der Waals surface area contributed by atoms with Gasteiger partial charge in [0.2, 0.25) is 0 Å². The Morgan fingerprint density at radius 1 is 1.40 bits per heavy atom. The van der Waals surface area contributed by atoms with Crippen LogP contribution >= 0.6 is 0 Å². The van der Waals surface area contributed by atoms with E-state index in [4.69, 9.17) is 0 Å². The van der Waals surface area contributed by atoms with Crippen LogP contribution in [-0.4, -0.2) is 63.1 Å². The van der Waals surface area contributed by atoms with Crippen LogP contribution in [-0.2, 0) is 4.79 Å². The lowest BCUT2D eigenvalue weighted by atomic mass is 10.0. The fraction of sp³-hybridized carbons (Fsp3) is 0.611. The normalized spacial score (nSPS) is 26.8. The summed E-state index contributed by atoms with van der Waals surface area (Å²) < 4.78 is 0. The summed E-state index contributed by atoms with van der Waals surface area (Å²) in [5, 5.41) is 10.8. The number of carbonyl (C=O) groups is 1. The lowest BCUT2D eigenvalue weighted by Gasteiger charge is -2.28. The molecule has 3 heterocycles. The molecular formula is C18H25N5O2. The summed E-state index contributed by atoms with van der Waals surface area (Å²) in [4.78, 5) is 28.2. The number of rotatable bonds is 4. The molecule has 0 bridgehead atoms. The molecule has 1 aliphatic carbocycles. The molecule has 0 spiro atoms. The molecule has 7 nitrogen and oxygen atoms in total. The minimum absolute atomic E-state index is 0.105. The molecule has 4 atom stereocenters. The van der Waals surface area contributed by atoms with E-state index in [0.717, 1.165) is 42.8 Å². The van der Waals surface area contributed by atoms with Crippen LogP contribution in [0.2, 0.25) is 0 Å². The molecule has 2 unspecified atom stereocenters. The molecule has 2 aromatic heterocycles. The Bertz CT molecular complexity index is 762. The Labute approximate surface area is 147 Å². The van der Waals surface area contributed by atoms with Crippen molar-refractivity contribution in [3.8, 4) is 0 Å². The lowest BCUT2D eigenvalue weighted by Crippen LogP contribution is -2.39. The summed E-state index contributed by atoms with van der Waals surface area (Å²) in [7, 11) is 2.10. The molecule has 2 aliphatic rings. The van der Waals surface area contributed by atoms with Crippen molar-refractivity contribution in [1.82, 2.24) is 19.9 Å². The number of hydrogen-bond acceptors (Lipinski definition) is 5. The van der Waals surface area contributed by atoms with Crippen LogP contribution in [0.4, 0.5) is 5.82 Å². The van der Waals surface area contributed by atoms with Gasteiger partial charge in [-0.3, -0.25) is 4.79 Å². The first kappa shape index (κ1) is 16.3. The molecule has 2 fully saturated rings. The average Bonchev–Trinajstić information content (AvgIpc) is 3.32. The molecule has 2 aromatic rings. The second-order valence-electron chi connectivity index (χ2n) is 7.36. The van der Waals surface area contributed by atoms with Crippen LogP contribution in [0.25, 0.3) is 11.0 Å². The number of anilines is 1. The third-order valence-corrected chi connectivity index (χ3v) is 5.92. The first-order valence-corrected chi connectivity index (χ1v) is 9.06. The SMILES string of the molecule is CCC(O)C(=O)N1C[C@H]2CC(N(C)c3ncnc4[nH]ccc34)C[C@H]2C1. The lowest BCUT2D eigenvalue weighted by molar-refractivity contribution is -0.139. The molecule has 1 saturated carbocycles. The highest BCUT2D eigenvalue weighted by atomic mass is 16.3. The minimum Gasteiger partial charge on any atom is -0.383 e. The first-order chi connectivity index (χ1) is 12.1. The van der Waals surface area contributed by atoms with Gasteiger partial charge in [0, 0.05) is 32.4 Å². The Balaban J connectivity index is 1.45. The van der Waals surface area contributed by atoms with E-state index in [1.165, 1.54) is 0 Å². The van der Waals surface area contributed by atoms with Gasteiger partial charge >= 0.3 is 0 Å². The van der Waals surface area contributed by atoms with Gasteiger partial charge in [0.15, 0.2) is 0 Å². The van der Waals surface area contributed by atoms with Crippen LogP contribution in [0.3, 0.4) is 0 Å². The number of carbonyl (C=O) groups excluding carboxylic acids is 1. The Kier molecular flexibility index (Phi) is 4.11. The van der Waals surface area contributed by atoms with E-state index < -0.39 is 6.10 Å². The summed E-state index contributed by atoms with van der Waals surface area (Å²) in [6.45, 7) is 3.39. The number of aliphatic hydroxyl groups is 1. The monoisotopic (exact) mass is 343 g/mol. The second-order valence-corrected chi connectivity index (χ2v) is 7.36. The largest absolute Gasteiger partial charge is 0.383 e. The number of nitrogens with zero attached hydrogens (tertiary/aromatic N) is 4. The van der Waals surface area contributed by atoms with Crippen molar-refractivity contribution in [1.29, 1.82) is 0 Å². The Morgan fingerprint density at radius 3 is 2.80 bits per heavy atom. The molecule has 1 aliphatic heterocycles. The Morgan fingerprint density at radius 2 is 2.12 bits per heavy atom. The van der Waals surface area contributed by atoms with Crippen molar-refractivity contribution < 1.29 is 9.90 Å². The molecular weight excluding hydrogens is 318 g/mol. The zero-order chi connectivity index (χ0) is 17.6. The predicted molar refractivity (Wildman–Crippen MR) is 95.2 cm³/mol. The molecule has 2 N–H and O–H groups in total. The summed E-state index contributed by atoms with van der Waals surface area (Å²) in [5.74, 6) is 1.89. The van der Waals surface area contributed by atoms with Crippen LogP contribution in [0.15, 0.2) is 18.6 Å². The van der Waals surface area contributed by atoms with Gasteiger partial charge in [0.1, 0.15) is 23.9 Å². The molecule has 1 saturated heterocycles. The number of likely N-dealkylation sites (tertiary alicyclic amines) is 1. The zero-order valence-corrected chi connectivity index (χ0v) is 14.7. The van der Waals surface area contributed by atoms with E-state index >= 15 is 0 Å². The van der Waals surface area contributed by atoms with Gasteiger partial charge in [0.25, 0.3) is 5.91 Å². The number of H-pyrrole nitrogens is 1. The quantitative estimate of drug-likeness (QED) is 0.876. The highest BCUT2D eigenvalue weighted by Crippen LogP contribution is 2.41. The van der Waals surface area contributed by atoms with Crippen molar-refractivity contribution in [3.63, 3.8) is 0 Å². The van der Waals surface area contributed by atoms with Gasteiger partial charge in [-0.2, -0.15) is 0 Å². The molecule has 1 amide bonds. The Hall–Kier alpha value is -2.15. The van der Waals surface area contributed by atoms with Crippen LogP contribution in [0.1, 0.15) is 26.2 Å². The fourth-order valence-electron chi connectivity index (χ4n) is 4.46. The zero-order valence-electron chi connectivity index (χ0n) is 14.7. The van der Waals surface area contributed by atoms with Crippen molar-refractivity contribution >= 4 is 22.8 Å². The van der Waals surface area contributed by atoms with Gasteiger partial charge < -0.3 is 19.9 Å². The molecule has 4 rings (SSSR count). The van der Waals surface area contributed by atoms with Crippen LogP contribution in [0, 0.1) is 11.8 Å². The molecule has 134 valence electrons. The van der Waals surface area contributed by atoms with Crippen LogP contribution in [0.5, 0.6) is 0 Å². The van der Waals surface area contributed by atoms with E-state index in [1.807, 2.05) is 24.1 Å². The smallest absolute Gasteiger partial charge is 0.251 e. The number of nitrogens with one attached hydrogen (secondary N) is 1. The van der Waals surface area contributed by atoms with E-state index in [0.29, 0.717) is 24.3 Å². The van der Waals surface area contributed by atoms with E-state index in [9.17, 15) is 9.90 Å². The minimum atomic E-state index is -0.847. The maximum atomic E-state index is 12.2. The molecule has 25 heavy (non-hydrogen) atoms. The molecule has 7 heteroatoms. The summed E-state index contributed by atoms with van der Waals surface area (Å²) in [6.07, 6.45) is 5.25. The number of aliphatic hydroxyl groups excluding tert-OH is 1. The maximum absolute atomic E-state index is 12.2. The summed E-state index contributed by atoms with van der Waals surface area (Å²) in [5.41, 5.74) is 0.861. The van der Waals surface area contributed by atoms with Gasteiger partial charge in [-0.15, -0.1) is 0 Å². The second kappa shape index (κ2) is 6.29. The first-order valence-electron chi connectivity index (χ1n) is 9.06. The number of aromatic nitrogens is 3. The molecule has 0 radical (unpaired) electrons. The number of aromatic amines is 1. The highest BCUT2D eigenvalue weighted by molar-refractivity contribution is 5.87. The average molecular weight is 343 g/mol. The standard InChI is InChI=1S/C18H25N5O2/c1-3-15(24)18(25)23-8-11-6-13(7-12(11)9-23)22(2)17-14-4-5-19-16(14)20-10-21-17/h4-5,10-13,15,24H,3,6-9H2,1-2H3,(H,19,20,21)/t11-,12+,13?,15?. The third-order valence-electron chi connectivity index (χ3n) is 5.92.